The number of carbonyl (C=O) groups is 2. The van der Waals surface area contributed by atoms with Crippen LogP contribution in [0.15, 0.2) is 40.8 Å². The molecule has 1 saturated heterocycles. The molecule has 2 aliphatic rings. The highest BCUT2D eigenvalue weighted by Gasteiger charge is 2.40. The molecule has 1 atom stereocenters. The molecule has 1 aromatic carbocycles. The highest BCUT2D eigenvalue weighted by molar-refractivity contribution is 5.96. The first-order valence-electron chi connectivity index (χ1n) is 12.5. The highest BCUT2D eigenvalue weighted by Crippen LogP contribution is 2.34. The molecule has 4 rings (SSSR count). The van der Waals surface area contributed by atoms with Crippen LogP contribution in [0.4, 0.5) is 4.39 Å². The second kappa shape index (κ2) is 10.9. The number of nitrogens with zero attached hydrogens (tertiary/aromatic N) is 2. The fourth-order valence-electron chi connectivity index (χ4n) is 4.88. The SMILES string of the molecule is CC(C)(C)NC(=O)C(c1ccc(F)cc1)N(C(=O)c1ccc(CN2CCOCC2)o1)C1CCCC1. The van der Waals surface area contributed by atoms with E-state index in [1.54, 1.807) is 23.1 Å². The fourth-order valence-corrected chi connectivity index (χ4v) is 4.88. The Kier molecular flexibility index (Phi) is 7.91. The summed E-state index contributed by atoms with van der Waals surface area (Å²) in [6.07, 6.45) is 3.61. The maximum Gasteiger partial charge on any atom is 0.290 e. The lowest BCUT2D eigenvalue weighted by molar-refractivity contribution is -0.128. The van der Waals surface area contributed by atoms with Crippen molar-refractivity contribution in [3.63, 3.8) is 0 Å². The molecule has 2 aromatic rings. The van der Waals surface area contributed by atoms with Crippen molar-refractivity contribution in [3.05, 3.63) is 59.3 Å². The molecule has 2 amide bonds. The lowest BCUT2D eigenvalue weighted by atomic mass is 9.99. The lowest BCUT2D eigenvalue weighted by Crippen LogP contribution is -2.51. The summed E-state index contributed by atoms with van der Waals surface area (Å²) in [7, 11) is 0. The zero-order chi connectivity index (χ0) is 25.0. The van der Waals surface area contributed by atoms with Crippen LogP contribution in [0, 0.1) is 5.82 Å². The Labute approximate surface area is 206 Å². The van der Waals surface area contributed by atoms with E-state index in [1.807, 2.05) is 26.8 Å². The summed E-state index contributed by atoms with van der Waals surface area (Å²) in [5, 5.41) is 3.03. The first kappa shape index (κ1) is 25.4. The van der Waals surface area contributed by atoms with Crippen LogP contribution in [0.3, 0.4) is 0 Å². The van der Waals surface area contributed by atoms with Gasteiger partial charge in [-0.05, 0) is 63.4 Å². The Hall–Kier alpha value is -2.71. The Balaban J connectivity index is 1.65. The van der Waals surface area contributed by atoms with Crippen molar-refractivity contribution in [3.8, 4) is 0 Å². The number of nitrogens with one attached hydrogen (secondary N) is 1. The molecule has 1 saturated carbocycles. The minimum atomic E-state index is -0.891. The van der Waals surface area contributed by atoms with E-state index >= 15 is 0 Å². The first-order valence-corrected chi connectivity index (χ1v) is 12.5. The molecule has 2 fully saturated rings. The smallest absolute Gasteiger partial charge is 0.290 e. The van der Waals surface area contributed by atoms with Gasteiger partial charge in [-0.15, -0.1) is 0 Å². The number of benzene rings is 1. The maximum absolute atomic E-state index is 13.9. The van der Waals surface area contributed by atoms with Gasteiger partial charge in [0.05, 0.1) is 19.8 Å². The largest absolute Gasteiger partial charge is 0.455 e. The summed E-state index contributed by atoms with van der Waals surface area (Å²) in [4.78, 5) is 31.4. The molecule has 190 valence electrons. The van der Waals surface area contributed by atoms with Crippen LogP contribution in [0.25, 0.3) is 0 Å². The van der Waals surface area contributed by atoms with Gasteiger partial charge in [-0.25, -0.2) is 4.39 Å². The van der Waals surface area contributed by atoms with E-state index in [9.17, 15) is 14.0 Å². The van der Waals surface area contributed by atoms with E-state index < -0.39 is 11.6 Å². The molecule has 0 radical (unpaired) electrons. The van der Waals surface area contributed by atoms with E-state index in [2.05, 4.69) is 10.2 Å². The molecular formula is C27H36FN3O4. The van der Waals surface area contributed by atoms with Crippen molar-refractivity contribution in [2.75, 3.05) is 26.3 Å². The number of hydrogen-bond acceptors (Lipinski definition) is 5. The summed E-state index contributed by atoms with van der Waals surface area (Å²) < 4.78 is 25.2. The summed E-state index contributed by atoms with van der Waals surface area (Å²) in [5.41, 5.74) is 0.0870. The van der Waals surface area contributed by atoms with Crippen LogP contribution in [-0.4, -0.2) is 59.5 Å². The van der Waals surface area contributed by atoms with Gasteiger partial charge in [-0.2, -0.15) is 0 Å². The van der Waals surface area contributed by atoms with Gasteiger partial charge in [0, 0.05) is 24.7 Å². The normalized spacial score (nSPS) is 18.4. The van der Waals surface area contributed by atoms with Crippen molar-refractivity contribution < 1.29 is 23.1 Å². The average Bonchev–Trinajstić information content (AvgIpc) is 3.50. The molecule has 1 unspecified atom stereocenters. The summed E-state index contributed by atoms with van der Waals surface area (Å²) in [6, 6.07) is 8.37. The van der Waals surface area contributed by atoms with Crippen molar-refractivity contribution in [1.29, 1.82) is 0 Å². The van der Waals surface area contributed by atoms with Gasteiger partial charge in [0.15, 0.2) is 5.76 Å². The Bertz CT molecular complexity index is 1000. The number of morpholine rings is 1. The van der Waals surface area contributed by atoms with Gasteiger partial charge in [0.1, 0.15) is 17.6 Å². The summed E-state index contributed by atoms with van der Waals surface area (Å²) in [6.45, 7) is 9.31. The number of halogens is 1. The maximum atomic E-state index is 13.9. The molecule has 0 bridgehead atoms. The molecule has 35 heavy (non-hydrogen) atoms. The Morgan fingerprint density at radius 3 is 2.37 bits per heavy atom. The van der Waals surface area contributed by atoms with Crippen molar-refractivity contribution in [1.82, 2.24) is 15.1 Å². The molecule has 1 aromatic heterocycles. The van der Waals surface area contributed by atoms with Gasteiger partial charge >= 0.3 is 0 Å². The quantitative estimate of drug-likeness (QED) is 0.633. The highest BCUT2D eigenvalue weighted by atomic mass is 19.1. The predicted molar refractivity (Wildman–Crippen MR) is 130 cm³/mol. The molecule has 7 nitrogen and oxygen atoms in total. The third kappa shape index (κ3) is 6.49. The van der Waals surface area contributed by atoms with Gasteiger partial charge in [-0.1, -0.05) is 25.0 Å². The van der Waals surface area contributed by atoms with Crippen LogP contribution >= 0.6 is 0 Å². The molecule has 1 aliphatic carbocycles. The van der Waals surface area contributed by atoms with E-state index in [0.717, 1.165) is 38.8 Å². The Morgan fingerprint density at radius 2 is 1.74 bits per heavy atom. The number of amides is 2. The second-order valence-electron chi connectivity index (χ2n) is 10.5. The number of carbonyl (C=O) groups excluding carboxylic acids is 2. The van der Waals surface area contributed by atoms with Crippen molar-refractivity contribution >= 4 is 11.8 Å². The molecule has 1 aliphatic heterocycles. The summed E-state index contributed by atoms with van der Waals surface area (Å²) in [5.74, 6) is -0.0656. The minimum Gasteiger partial charge on any atom is -0.455 e. The van der Waals surface area contributed by atoms with Crippen LogP contribution in [0.1, 0.15) is 74.4 Å². The topological polar surface area (TPSA) is 75.0 Å². The van der Waals surface area contributed by atoms with E-state index in [1.165, 1.54) is 12.1 Å². The van der Waals surface area contributed by atoms with Gasteiger partial charge in [0.25, 0.3) is 5.91 Å². The first-order chi connectivity index (χ1) is 16.7. The monoisotopic (exact) mass is 485 g/mol. The van der Waals surface area contributed by atoms with Gasteiger partial charge in [-0.3, -0.25) is 14.5 Å². The zero-order valence-corrected chi connectivity index (χ0v) is 20.9. The summed E-state index contributed by atoms with van der Waals surface area (Å²) >= 11 is 0. The van der Waals surface area contributed by atoms with Gasteiger partial charge in [0.2, 0.25) is 5.91 Å². The molecule has 2 heterocycles. The van der Waals surface area contributed by atoms with Crippen LogP contribution in [0.2, 0.25) is 0 Å². The van der Waals surface area contributed by atoms with Crippen LogP contribution < -0.4 is 5.32 Å². The fraction of sp³-hybridized carbons (Fsp3) is 0.556. The lowest BCUT2D eigenvalue weighted by Gasteiger charge is -2.37. The third-order valence-corrected chi connectivity index (χ3v) is 6.52. The zero-order valence-electron chi connectivity index (χ0n) is 20.9. The second-order valence-corrected chi connectivity index (χ2v) is 10.5. The molecule has 0 spiro atoms. The number of ether oxygens (including phenoxy) is 1. The Morgan fingerprint density at radius 1 is 1.09 bits per heavy atom. The minimum absolute atomic E-state index is 0.101. The predicted octanol–water partition coefficient (Wildman–Crippen LogP) is 4.29. The number of furan rings is 1. The van der Waals surface area contributed by atoms with E-state index in [4.69, 9.17) is 9.15 Å². The van der Waals surface area contributed by atoms with Crippen LogP contribution in [0.5, 0.6) is 0 Å². The number of hydrogen-bond donors (Lipinski definition) is 1. The number of rotatable bonds is 7. The van der Waals surface area contributed by atoms with E-state index in [-0.39, 0.29) is 29.4 Å². The molecule has 8 heteroatoms. The standard InChI is InChI=1S/C27H36FN3O4/c1-27(2,3)29-25(32)24(19-8-10-20(28)11-9-19)31(21-6-4-5-7-21)26(33)23-13-12-22(35-23)18-30-14-16-34-17-15-30/h8-13,21,24H,4-7,14-18H2,1-3H3,(H,29,32). The van der Waals surface area contributed by atoms with Crippen LogP contribution in [-0.2, 0) is 16.1 Å². The average molecular weight is 486 g/mol. The van der Waals surface area contributed by atoms with Crippen molar-refractivity contribution in [2.24, 2.45) is 0 Å². The third-order valence-electron chi connectivity index (χ3n) is 6.52. The van der Waals surface area contributed by atoms with Gasteiger partial charge < -0.3 is 19.4 Å². The molecule has 1 N–H and O–H groups in total. The van der Waals surface area contributed by atoms with Crippen molar-refractivity contribution in [2.45, 2.75) is 70.6 Å². The van der Waals surface area contributed by atoms with E-state index in [0.29, 0.717) is 31.1 Å². The molecular weight excluding hydrogens is 449 g/mol.